The second-order valence-corrected chi connectivity index (χ2v) is 8.66. The minimum atomic E-state index is -0.735. The number of carbonyl (C=O) groups excluding carboxylic acids is 3. The van der Waals surface area contributed by atoms with Crippen molar-refractivity contribution in [2.45, 2.75) is 64.6 Å². The number of nitrogens with one attached hydrogen (secondary N) is 1. The van der Waals surface area contributed by atoms with E-state index in [9.17, 15) is 14.4 Å². The number of amides is 3. The Morgan fingerprint density at radius 3 is 2.47 bits per heavy atom. The summed E-state index contributed by atoms with van der Waals surface area (Å²) < 4.78 is 5.93. The average molecular weight is 419 g/mol. The smallest absolute Gasteiger partial charge is 0.245 e. The van der Waals surface area contributed by atoms with E-state index >= 15 is 0 Å². The third-order valence-corrected chi connectivity index (χ3v) is 5.09. The van der Waals surface area contributed by atoms with Crippen molar-refractivity contribution in [3.8, 4) is 5.88 Å². The number of aryl methyl sites for hydroxylation is 1. The van der Waals surface area contributed by atoms with Gasteiger partial charge >= 0.3 is 0 Å². The van der Waals surface area contributed by atoms with Gasteiger partial charge in [-0.15, -0.1) is 0 Å². The largest absolute Gasteiger partial charge is 0.474 e. The average Bonchev–Trinajstić information content (AvgIpc) is 3.49. The molecular weight excluding hydrogens is 384 g/mol. The van der Waals surface area contributed by atoms with Gasteiger partial charge in [0, 0.05) is 39.3 Å². The molecule has 0 bridgehead atoms. The van der Waals surface area contributed by atoms with Gasteiger partial charge < -0.3 is 19.9 Å². The zero-order valence-corrected chi connectivity index (χ0v) is 18.8. The fraction of sp³-hybridized carbons (Fsp3) is 0.636. The SMILES string of the molecule is Cc1cnc(OC2CC2)c(CC(C(=O)N(C)C)N(C)C(=O)C(CC(C)C)NC=O)c1. The minimum absolute atomic E-state index is 0.175. The van der Waals surface area contributed by atoms with Crippen molar-refractivity contribution >= 4 is 18.2 Å². The predicted molar refractivity (Wildman–Crippen MR) is 114 cm³/mol. The summed E-state index contributed by atoms with van der Waals surface area (Å²) in [5.41, 5.74) is 1.75. The van der Waals surface area contributed by atoms with E-state index in [4.69, 9.17) is 4.74 Å². The molecule has 2 atom stereocenters. The minimum Gasteiger partial charge on any atom is -0.474 e. The molecule has 2 unspecified atom stereocenters. The monoisotopic (exact) mass is 418 g/mol. The molecule has 1 aromatic rings. The molecule has 30 heavy (non-hydrogen) atoms. The highest BCUT2D eigenvalue weighted by atomic mass is 16.5. The van der Waals surface area contributed by atoms with Crippen LogP contribution in [0, 0.1) is 12.8 Å². The lowest BCUT2D eigenvalue weighted by Crippen LogP contribution is -2.54. The molecule has 0 aromatic carbocycles. The summed E-state index contributed by atoms with van der Waals surface area (Å²) in [4.78, 5) is 44.5. The van der Waals surface area contributed by atoms with Gasteiger partial charge in [0.1, 0.15) is 18.2 Å². The summed E-state index contributed by atoms with van der Waals surface area (Å²) in [7, 11) is 4.94. The first-order chi connectivity index (χ1) is 14.1. The maximum atomic E-state index is 13.2. The Hall–Kier alpha value is -2.64. The van der Waals surface area contributed by atoms with E-state index in [-0.39, 0.29) is 30.3 Å². The summed E-state index contributed by atoms with van der Waals surface area (Å²) in [5.74, 6) is 0.243. The molecule has 0 saturated heterocycles. The van der Waals surface area contributed by atoms with Gasteiger partial charge in [-0.2, -0.15) is 0 Å². The third kappa shape index (κ3) is 6.43. The van der Waals surface area contributed by atoms with Gasteiger partial charge in [-0.25, -0.2) is 4.98 Å². The first-order valence-corrected chi connectivity index (χ1v) is 10.4. The van der Waals surface area contributed by atoms with Crippen LogP contribution in [0.1, 0.15) is 44.2 Å². The van der Waals surface area contributed by atoms with Crippen molar-refractivity contribution in [2.75, 3.05) is 21.1 Å². The van der Waals surface area contributed by atoms with E-state index in [1.165, 1.54) is 9.80 Å². The number of carbonyl (C=O) groups is 3. The van der Waals surface area contributed by atoms with Crippen LogP contribution in [0.4, 0.5) is 0 Å². The van der Waals surface area contributed by atoms with Gasteiger partial charge in [-0.05, 0) is 43.7 Å². The standard InChI is InChI=1S/C22H34N4O4/c1-14(2)9-18(24-13-27)21(28)26(6)19(22(29)25(4)5)11-16-10-15(3)12-23-20(16)30-17-7-8-17/h10,12-14,17-19H,7-9,11H2,1-6H3,(H,24,27). The molecule has 0 radical (unpaired) electrons. The molecule has 2 rings (SSSR count). The Labute approximate surface area is 179 Å². The van der Waals surface area contributed by atoms with E-state index in [1.807, 2.05) is 26.8 Å². The fourth-order valence-corrected chi connectivity index (χ4v) is 3.30. The third-order valence-electron chi connectivity index (χ3n) is 5.09. The molecule has 3 amide bonds. The summed E-state index contributed by atoms with van der Waals surface area (Å²) in [6.45, 7) is 5.89. The van der Waals surface area contributed by atoms with Crippen LogP contribution in [-0.2, 0) is 20.8 Å². The second-order valence-electron chi connectivity index (χ2n) is 8.66. The first kappa shape index (κ1) is 23.6. The topological polar surface area (TPSA) is 91.8 Å². The molecule has 1 aromatic heterocycles. The molecular formula is C22H34N4O4. The van der Waals surface area contributed by atoms with E-state index in [0.29, 0.717) is 18.7 Å². The first-order valence-electron chi connectivity index (χ1n) is 10.4. The maximum Gasteiger partial charge on any atom is 0.245 e. The maximum absolute atomic E-state index is 13.2. The van der Waals surface area contributed by atoms with Crippen LogP contribution in [0.2, 0.25) is 0 Å². The summed E-state index contributed by atoms with van der Waals surface area (Å²) in [6.07, 6.45) is 5.23. The van der Waals surface area contributed by atoms with Crippen molar-refractivity contribution in [1.29, 1.82) is 0 Å². The highest BCUT2D eigenvalue weighted by Crippen LogP contribution is 2.29. The van der Waals surface area contributed by atoms with Gasteiger partial charge in [0.15, 0.2) is 0 Å². The zero-order chi connectivity index (χ0) is 22.4. The Bertz CT molecular complexity index is 762. The van der Waals surface area contributed by atoms with Crippen LogP contribution < -0.4 is 10.1 Å². The van der Waals surface area contributed by atoms with Crippen molar-refractivity contribution in [2.24, 2.45) is 5.92 Å². The molecule has 1 N–H and O–H groups in total. The molecule has 8 heteroatoms. The lowest BCUT2D eigenvalue weighted by Gasteiger charge is -2.32. The summed E-state index contributed by atoms with van der Waals surface area (Å²) in [6, 6.07) is 0.539. The van der Waals surface area contributed by atoms with Gasteiger partial charge in [0.2, 0.25) is 24.1 Å². The summed E-state index contributed by atoms with van der Waals surface area (Å²) >= 11 is 0. The molecule has 1 fully saturated rings. The number of ether oxygens (including phenoxy) is 1. The molecule has 1 aliphatic rings. The lowest BCUT2D eigenvalue weighted by molar-refractivity contribution is -0.144. The lowest BCUT2D eigenvalue weighted by atomic mass is 9.99. The van der Waals surface area contributed by atoms with Crippen LogP contribution in [0.5, 0.6) is 5.88 Å². The van der Waals surface area contributed by atoms with E-state index < -0.39 is 12.1 Å². The van der Waals surface area contributed by atoms with Crippen molar-refractivity contribution < 1.29 is 19.1 Å². The Kier molecular flexibility index (Phi) is 8.20. The van der Waals surface area contributed by atoms with Crippen LogP contribution >= 0.6 is 0 Å². The molecule has 0 spiro atoms. The Morgan fingerprint density at radius 1 is 1.27 bits per heavy atom. The van der Waals surface area contributed by atoms with Crippen LogP contribution in [0.3, 0.4) is 0 Å². The van der Waals surface area contributed by atoms with Crippen molar-refractivity contribution in [3.63, 3.8) is 0 Å². The van der Waals surface area contributed by atoms with Crippen molar-refractivity contribution in [3.05, 3.63) is 23.4 Å². The van der Waals surface area contributed by atoms with Crippen LogP contribution in [-0.4, -0.2) is 72.3 Å². The Balaban J connectivity index is 2.31. The zero-order valence-electron chi connectivity index (χ0n) is 18.8. The van der Waals surface area contributed by atoms with Crippen LogP contribution in [0.15, 0.2) is 12.3 Å². The number of rotatable bonds is 11. The van der Waals surface area contributed by atoms with E-state index in [0.717, 1.165) is 24.0 Å². The number of likely N-dealkylation sites (N-methyl/N-ethyl adjacent to an activating group) is 2. The normalized spacial score (nSPS) is 15.3. The molecule has 166 valence electrons. The number of nitrogens with zero attached hydrogens (tertiary/aromatic N) is 3. The van der Waals surface area contributed by atoms with Gasteiger partial charge in [0.25, 0.3) is 0 Å². The van der Waals surface area contributed by atoms with Gasteiger partial charge in [-0.3, -0.25) is 14.4 Å². The molecule has 1 aliphatic carbocycles. The second kappa shape index (κ2) is 10.4. The highest BCUT2D eigenvalue weighted by molar-refractivity contribution is 5.90. The fourth-order valence-electron chi connectivity index (χ4n) is 3.30. The number of hydrogen-bond acceptors (Lipinski definition) is 5. The number of pyridine rings is 1. The van der Waals surface area contributed by atoms with Crippen LogP contribution in [0.25, 0.3) is 0 Å². The number of hydrogen-bond donors (Lipinski definition) is 1. The van der Waals surface area contributed by atoms with Gasteiger partial charge in [0.05, 0.1) is 0 Å². The van der Waals surface area contributed by atoms with E-state index in [1.54, 1.807) is 27.3 Å². The van der Waals surface area contributed by atoms with Crippen molar-refractivity contribution in [1.82, 2.24) is 20.1 Å². The molecule has 0 aliphatic heterocycles. The van der Waals surface area contributed by atoms with E-state index in [2.05, 4.69) is 10.3 Å². The highest BCUT2D eigenvalue weighted by Gasteiger charge is 2.34. The molecule has 8 nitrogen and oxygen atoms in total. The van der Waals surface area contributed by atoms with Gasteiger partial charge in [-0.1, -0.05) is 13.8 Å². The quantitative estimate of drug-likeness (QED) is 0.551. The molecule has 1 heterocycles. The summed E-state index contributed by atoms with van der Waals surface area (Å²) in [5, 5.41) is 2.60. The number of aromatic nitrogens is 1. The molecule has 1 saturated carbocycles. The Morgan fingerprint density at radius 2 is 1.93 bits per heavy atom. The predicted octanol–water partition coefficient (Wildman–Crippen LogP) is 1.55.